The summed E-state index contributed by atoms with van der Waals surface area (Å²) in [5, 5.41) is 7.15. The Bertz CT molecular complexity index is 265. The summed E-state index contributed by atoms with van der Waals surface area (Å²) in [6, 6.07) is 0.160. The van der Waals surface area contributed by atoms with E-state index in [0.29, 0.717) is 0 Å². The molecule has 0 fully saturated rings. The highest BCUT2D eigenvalue weighted by molar-refractivity contribution is 5.88. The molecule has 0 aromatic carbocycles. The maximum Gasteiger partial charge on any atom is 0.286 e. The number of rotatable bonds is 2. The lowest BCUT2D eigenvalue weighted by Gasteiger charge is -2.06. The van der Waals surface area contributed by atoms with Gasteiger partial charge in [0.05, 0.1) is 0 Å². The van der Waals surface area contributed by atoms with E-state index < -0.39 is 5.91 Å². The van der Waals surface area contributed by atoms with Crippen LogP contribution in [0.25, 0.3) is 0 Å². The first-order valence-corrected chi connectivity index (χ1v) is 3.32. The summed E-state index contributed by atoms with van der Waals surface area (Å²) in [6.45, 7) is 3.85. The Morgan fingerprint density at radius 3 is 2.73 bits per heavy atom. The summed E-state index contributed by atoms with van der Waals surface area (Å²) in [4.78, 5) is 10.7. The maximum atomic E-state index is 10.7. The molecule has 2 N–H and O–H groups in total. The van der Waals surface area contributed by atoms with Gasteiger partial charge in [-0.3, -0.25) is 4.79 Å². The van der Waals surface area contributed by atoms with Crippen LogP contribution in [0.5, 0.6) is 0 Å². The molecule has 1 aromatic heterocycles. The van der Waals surface area contributed by atoms with E-state index in [9.17, 15) is 4.79 Å². The van der Waals surface area contributed by atoms with Gasteiger partial charge in [0, 0.05) is 6.04 Å². The van der Waals surface area contributed by atoms with Crippen LogP contribution in [0, 0.1) is 0 Å². The van der Waals surface area contributed by atoms with Gasteiger partial charge in [-0.25, -0.2) is 0 Å². The first-order valence-electron chi connectivity index (χ1n) is 3.32. The highest BCUT2D eigenvalue weighted by atomic mass is 16.1. The Morgan fingerprint density at radius 1 is 1.73 bits per heavy atom. The lowest BCUT2D eigenvalue weighted by atomic mass is 10.4. The van der Waals surface area contributed by atoms with Crippen LogP contribution in [0.2, 0.25) is 0 Å². The second-order valence-electron chi connectivity index (χ2n) is 2.52. The van der Waals surface area contributed by atoms with E-state index in [0.717, 1.165) is 0 Å². The fourth-order valence-corrected chi connectivity index (χ4v) is 0.797. The van der Waals surface area contributed by atoms with Crippen molar-refractivity contribution in [3.8, 4) is 0 Å². The third-order valence-corrected chi connectivity index (χ3v) is 1.35. The molecule has 0 aliphatic carbocycles. The zero-order valence-corrected chi connectivity index (χ0v) is 6.48. The normalized spacial score (nSPS) is 10.5. The van der Waals surface area contributed by atoms with Crippen molar-refractivity contribution in [1.29, 1.82) is 0 Å². The predicted molar refractivity (Wildman–Crippen MR) is 38.9 cm³/mol. The van der Waals surface area contributed by atoms with Gasteiger partial charge in [-0.1, -0.05) is 0 Å². The first-order chi connectivity index (χ1) is 5.13. The largest absolute Gasteiger partial charge is 0.363 e. The van der Waals surface area contributed by atoms with E-state index in [4.69, 9.17) is 5.73 Å². The molecule has 0 saturated heterocycles. The average molecular weight is 154 g/mol. The summed E-state index contributed by atoms with van der Waals surface area (Å²) < 4.78 is 1.63. The SMILES string of the molecule is CC(C)n1cnnc1C(N)=O. The third-order valence-electron chi connectivity index (χ3n) is 1.35. The molecular weight excluding hydrogens is 144 g/mol. The van der Waals surface area contributed by atoms with Crippen LogP contribution in [0.4, 0.5) is 0 Å². The number of hydrogen-bond acceptors (Lipinski definition) is 3. The van der Waals surface area contributed by atoms with Gasteiger partial charge >= 0.3 is 0 Å². The quantitative estimate of drug-likeness (QED) is 0.649. The van der Waals surface area contributed by atoms with Gasteiger partial charge in [0.15, 0.2) is 0 Å². The van der Waals surface area contributed by atoms with Gasteiger partial charge in [0.25, 0.3) is 5.91 Å². The fourth-order valence-electron chi connectivity index (χ4n) is 0.797. The third kappa shape index (κ3) is 1.36. The number of primary amides is 1. The second-order valence-corrected chi connectivity index (χ2v) is 2.52. The standard InChI is InChI=1S/C6H10N4O/c1-4(2)10-3-8-9-6(10)5(7)11/h3-4H,1-2H3,(H2,7,11). The zero-order valence-electron chi connectivity index (χ0n) is 6.48. The minimum atomic E-state index is -0.545. The van der Waals surface area contributed by atoms with Crippen molar-refractivity contribution in [2.45, 2.75) is 19.9 Å². The molecule has 0 aliphatic heterocycles. The van der Waals surface area contributed by atoms with Gasteiger partial charge in [-0.05, 0) is 13.8 Å². The van der Waals surface area contributed by atoms with Gasteiger partial charge in [0.1, 0.15) is 6.33 Å². The summed E-state index contributed by atoms with van der Waals surface area (Å²) in [6.07, 6.45) is 1.49. The molecule has 1 rings (SSSR count). The fraction of sp³-hybridized carbons (Fsp3) is 0.500. The Morgan fingerprint density at radius 2 is 2.36 bits per heavy atom. The number of nitrogens with zero attached hydrogens (tertiary/aromatic N) is 3. The molecular formula is C6H10N4O. The van der Waals surface area contributed by atoms with Crippen molar-refractivity contribution < 1.29 is 4.79 Å². The topological polar surface area (TPSA) is 73.8 Å². The van der Waals surface area contributed by atoms with Gasteiger partial charge < -0.3 is 10.3 Å². The van der Waals surface area contributed by atoms with Crippen LogP contribution in [-0.4, -0.2) is 20.7 Å². The minimum absolute atomic E-state index is 0.160. The van der Waals surface area contributed by atoms with E-state index in [2.05, 4.69) is 10.2 Å². The van der Waals surface area contributed by atoms with Crippen molar-refractivity contribution in [2.75, 3.05) is 0 Å². The Labute approximate surface area is 64.2 Å². The number of aromatic nitrogens is 3. The van der Waals surface area contributed by atoms with E-state index in [1.807, 2.05) is 13.8 Å². The molecule has 0 radical (unpaired) electrons. The molecule has 0 unspecified atom stereocenters. The molecule has 0 bridgehead atoms. The molecule has 0 aliphatic rings. The summed E-state index contributed by atoms with van der Waals surface area (Å²) >= 11 is 0. The minimum Gasteiger partial charge on any atom is -0.363 e. The average Bonchev–Trinajstić information content (AvgIpc) is 2.32. The number of carbonyl (C=O) groups excluding carboxylic acids is 1. The van der Waals surface area contributed by atoms with Crippen molar-refractivity contribution in [3.63, 3.8) is 0 Å². The molecule has 0 saturated carbocycles. The molecule has 0 spiro atoms. The van der Waals surface area contributed by atoms with E-state index in [1.54, 1.807) is 4.57 Å². The van der Waals surface area contributed by atoms with Crippen LogP contribution in [0.1, 0.15) is 30.5 Å². The molecule has 1 aromatic rings. The summed E-state index contributed by atoms with van der Waals surface area (Å²) in [5.74, 6) is -0.337. The maximum absolute atomic E-state index is 10.7. The predicted octanol–water partition coefficient (Wildman–Crippen LogP) is -0.0421. The smallest absolute Gasteiger partial charge is 0.286 e. The van der Waals surface area contributed by atoms with Gasteiger partial charge in [-0.2, -0.15) is 0 Å². The van der Waals surface area contributed by atoms with Crippen molar-refractivity contribution in [3.05, 3.63) is 12.2 Å². The molecule has 1 heterocycles. The molecule has 60 valence electrons. The first kappa shape index (κ1) is 7.71. The number of nitrogens with two attached hydrogens (primary N) is 1. The molecule has 5 nitrogen and oxygen atoms in total. The van der Waals surface area contributed by atoms with Crippen LogP contribution < -0.4 is 5.73 Å². The van der Waals surface area contributed by atoms with Crippen LogP contribution in [0.15, 0.2) is 6.33 Å². The lowest BCUT2D eigenvalue weighted by molar-refractivity contribution is 0.0984. The Kier molecular flexibility index (Phi) is 1.89. The van der Waals surface area contributed by atoms with Crippen LogP contribution in [-0.2, 0) is 0 Å². The van der Waals surface area contributed by atoms with Crippen LogP contribution >= 0.6 is 0 Å². The van der Waals surface area contributed by atoms with E-state index in [1.165, 1.54) is 6.33 Å². The second kappa shape index (κ2) is 2.69. The Hall–Kier alpha value is -1.39. The van der Waals surface area contributed by atoms with Crippen molar-refractivity contribution in [2.24, 2.45) is 5.73 Å². The van der Waals surface area contributed by atoms with Crippen molar-refractivity contribution >= 4 is 5.91 Å². The molecule has 0 atom stereocenters. The number of amides is 1. The molecule has 11 heavy (non-hydrogen) atoms. The van der Waals surface area contributed by atoms with Gasteiger partial charge in [-0.15, -0.1) is 10.2 Å². The Balaban J connectivity index is 3.06. The highest BCUT2D eigenvalue weighted by Gasteiger charge is 2.11. The summed E-state index contributed by atoms with van der Waals surface area (Å²) in [7, 11) is 0. The van der Waals surface area contributed by atoms with Gasteiger partial charge in [0.2, 0.25) is 5.82 Å². The van der Waals surface area contributed by atoms with Crippen LogP contribution in [0.3, 0.4) is 0 Å². The summed E-state index contributed by atoms with van der Waals surface area (Å²) in [5.41, 5.74) is 5.03. The number of carbonyl (C=O) groups is 1. The van der Waals surface area contributed by atoms with Crippen molar-refractivity contribution in [1.82, 2.24) is 14.8 Å². The zero-order chi connectivity index (χ0) is 8.43. The monoisotopic (exact) mass is 154 g/mol. The number of hydrogen-bond donors (Lipinski definition) is 1. The molecule has 1 amide bonds. The lowest BCUT2D eigenvalue weighted by Crippen LogP contribution is -2.18. The van der Waals surface area contributed by atoms with E-state index >= 15 is 0 Å². The highest BCUT2D eigenvalue weighted by Crippen LogP contribution is 2.04. The molecule has 5 heteroatoms. The van der Waals surface area contributed by atoms with E-state index in [-0.39, 0.29) is 11.9 Å².